The number of rotatable bonds is 1. The lowest BCUT2D eigenvalue weighted by atomic mass is 9.81. The fourth-order valence-corrected chi connectivity index (χ4v) is 3.59. The van der Waals surface area contributed by atoms with Crippen LogP contribution in [0.1, 0.15) is 39.5 Å². The van der Waals surface area contributed by atoms with Gasteiger partial charge in [0.05, 0.1) is 11.7 Å². The van der Waals surface area contributed by atoms with Gasteiger partial charge in [-0.2, -0.15) is 0 Å². The summed E-state index contributed by atoms with van der Waals surface area (Å²) in [6, 6.07) is 0. The van der Waals surface area contributed by atoms with Gasteiger partial charge < -0.3 is 14.2 Å². The number of carbonyl (C=O) groups excluding carboxylic acids is 2. The summed E-state index contributed by atoms with van der Waals surface area (Å²) in [5.74, 6) is -0.862. The van der Waals surface area contributed by atoms with Crippen molar-refractivity contribution in [3.63, 3.8) is 0 Å². The molecule has 0 aromatic heterocycles. The van der Waals surface area contributed by atoms with Crippen molar-refractivity contribution >= 4 is 11.9 Å². The molecule has 0 radical (unpaired) electrons. The van der Waals surface area contributed by atoms with Crippen LogP contribution in [0.3, 0.4) is 0 Å². The van der Waals surface area contributed by atoms with Crippen molar-refractivity contribution in [1.82, 2.24) is 0 Å². The normalized spacial score (nSPS) is 41.3. The quantitative estimate of drug-likeness (QED) is 0.322. The molecule has 1 saturated carbocycles. The van der Waals surface area contributed by atoms with Crippen molar-refractivity contribution in [3.05, 3.63) is 24.3 Å². The maximum atomic E-state index is 11.9. The first-order valence-electron chi connectivity index (χ1n) is 7.72. The van der Waals surface area contributed by atoms with Crippen molar-refractivity contribution in [1.29, 1.82) is 0 Å². The molecule has 1 aliphatic carbocycles. The largest absolute Gasteiger partial charge is 0.458 e. The average molecular weight is 306 g/mol. The van der Waals surface area contributed by atoms with Crippen molar-refractivity contribution in [2.75, 3.05) is 0 Å². The lowest BCUT2D eigenvalue weighted by Crippen LogP contribution is -2.31. The van der Waals surface area contributed by atoms with Gasteiger partial charge in [-0.05, 0) is 31.8 Å². The number of epoxide rings is 1. The van der Waals surface area contributed by atoms with Crippen molar-refractivity contribution < 1.29 is 23.8 Å². The molecule has 0 N–H and O–H groups in total. The molecule has 0 unspecified atom stereocenters. The molecule has 2 saturated heterocycles. The Kier molecular flexibility index (Phi) is 3.63. The molecule has 2 aliphatic heterocycles. The van der Waals surface area contributed by atoms with Gasteiger partial charge in [0.1, 0.15) is 12.2 Å². The predicted octanol–water partition coefficient (Wildman–Crippen LogP) is 2.30. The third kappa shape index (κ3) is 2.70. The van der Waals surface area contributed by atoms with Crippen LogP contribution in [0.15, 0.2) is 24.3 Å². The van der Waals surface area contributed by atoms with E-state index in [-0.39, 0.29) is 35.7 Å². The summed E-state index contributed by atoms with van der Waals surface area (Å²) in [5, 5.41) is 0. The number of fused-ring (bicyclic) bond motifs is 2. The molecular formula is C17H22O5. The molecule has 5 heteroatoms. The Bertz CT molecular complexity index is 551. The van der Waals surface area contributed by atoms with Crippen molar-refractivity contribution in [3.8, 4) is 0 Å². The van der Waals surface area contributed by atoms with Gasteiger partial charge in [-0.1, -0.05) is 13.2 Å². The van der Waals surface area contributed by atoms with Crippen molar-refractivity contribution in [2.24, 2.45) is 5.92 Å². The Labute approximate surface area is 130 Å². The second kappa shape index (κ2) is 5.23. The highest BCUT2D eigenvalue weighted by Crippen LogP contribution is 2.48. The highest BCUT2D eigenvalue weighted by Gasteiger charge is 2.56. The number of esters is 2. The predicted molar refractivity (Wildman–Crippen MR) is 79.0 cm³/mol. The van der Waals surface area contributed by atoms with Gasteiger partial charge in [0.15, 0.2) is 0 Å². The Balaban J connectivity index is 1.86. The van der Waals surface area contributed by atoms with E-state index in [1.54, 1.807) is 0 Å². The van der Waals surface area contributed by atoms with Crippen LogP contribution in [0, 0.1) is 5.92 Å². The molecule has 5 atom stereocenters. The zero-order valence-corrected chi connectivity index (χ0v) is 13.1. The standard InChI is InChI=1S/C17H22O5/c1-9-5-6-15-17(4,22-15)8-14-12(10(2)16(19)21-14)7-13(9)20-11(3)18/h12-15H,1-2,5-8H2,3-4H3/t12-,13-,14+,15-,17+/m1/s1. The summed E-state index contributed by atoms with van der Waals surface area (Å²) in [4.78, 5) is 23.2. The lowest BCUT2D eigenvalue weighted by Gasteiger charge is -2.27. The van der Waals surface area contributed by atoms with E-state index in [0.717, 1.165) is 18.4 Å². The van der Waals surface area contributed by atoms with E-state index in [1.165, 1.54) is 6.92 Å². The van der Waals surface area contributed by atoms with E-state index in [0.29, 0.717) is 18.4 Å². The van der Waals surface area contributed by atoms with Gasteiger partial charge >= 0.3 is 11.9 Å². The van der Waals surface area contributed by atoms with E-state index in [9.17, 15) is 9.59 Å². The summed E-state index contributed by atoms with van der Waals surface area (Å²) in [6.07, 6.45) is 2.23. The number of hydrogen-bond donors (Lipinski definition) is 0. The molecule has 0 amide bonds. The van der Waals surface area contributed by atoms with Gasteiger partial charge in [-0.25, -0.2) is 4.79 Å². The van der Waals surface area contributed by atoms with Gasteiger partial charge in [0, 0.05) is 24.8 Å². The Morgan fingerprint density at radius 1 is 1.41 bits per heavy atom. The van der Waals surface area contributed by atoms with Gasteiger partial charge in [0.25, 0.3) is 0 Å². The van der Waals surface area contributed by atoms with Gasteiger partial charge in [0.2, 0.25) is 0 Å². The fourth-order valence-electron chi connectivity index (χ4n) is 3.59. The van der Waals surface area contributed by atoms with E-state index >= 15 is 0 Å². The van der Waals surface area contributed by atoms with Crippen LogP contribution in [0.4, 0.5) is 0 Å². The second-order valence-electron chi connectivity index (χ2n) is 6.73. The number of ether oxygens (including phenoxy) is 3. The van der Waals surface area contributed by atoms with Crippen LogP contribution in [-0.2, 0) is 23.8 Å². The lowest BCUT2D eigenvalue weighted by molar-refractivity contribution is -0.146. The first-order valence-corrected chi connectivity index (χ1v) is 7.72. The molecule has 2 heterocycles. The van der Waals surface area contributed by atoms with E-state index in [1.807, 2.05) is 0 Å². The van der Waals surface area contributed by atoms with Gasteiger partial charge in [-0.15, -0.1) is 0 Å². The highest BCUT2D eigenvalue weighted by molar-refractivity contribution is 5.90. The first-order chi connectivity index (χ1) is 10.3. The van der Waals surface area contributed by atoms with Crippen LogP contribution in [-0.4, -0.2) is 35.9 Å². The Morgan fingerprint density at radius 2 is 2.14 bits per heavy atom. The summed E-state index contributed by atoms with van der Waals surface area (Å²) in [5.41, 5.74) is 1.08. The van der Waals surface area contributed by atoms with Crippen LogP contribution in [0.25, 0.3) is 0 Å². The van der Waals surface area contributed by atoms with Crippen molar-refractivity contribution in [2.45, 2.75) is 63.4 Å². The zero-order valence-electron chi connectivity index (χ0n) is 13.1. The average Bonchev–Trinajstić information content (AvgIpc) is 3.00. The SMILES string of the molecule is C=C1C(=O)O[C@H]2C[C@]3(C)O[C@@H]3CCC(=C)[C@H](OC(C)=O)C[C@H]12. The highest BCUT2D eigenvalue weighted by atomic mass is 16.6. The van der Waals surface area contributed by atoms with E-state index < -0.39 is 6.10 Å². The summed E-state index contributed by atoms with van der Waals surface area (Å²) in [6.45, 7) is 11.4. The topological polar surface area (TPSA) is 65.1 Å². The van der Waals surface area contributed by atoms with Crippen LogP contribution >= 0.6 is 0 Å². The fraction of sp³-hybridized carbons (Fsp3) is 0.647. The maximum absolute atomic E-state index is 11.9. The third-order valence-corrected chi connectivity index (χ3v) is 5.02. The van der Waals surface area contributed by atoms with E-state index in [4.69, 9.17) is 14.2 Å². The Hall–Kier alpha value is -1.62. The minimum atomic E-state index is -0.403. The molecule has 0 spiro atoms. The number of carbonyl (C=O) groups is 2. The second-order valence-corrected chi connectivity index (χ2v) is 6.73. The molecule has 22 heavy (non-hydrogen) atoms. The maximum Gasteiger partial charge on any atom is 0.334 e. The molecule has 120 valence electrons. The first kappa shape index (κ1) is 15.3. The smallest absolute Gasteiger partial charge is 0.334 e. The molecular weight excluding hydrogens is 284 g/mol. The van der Waals surface area contributed by atoms with Crippen LogP contribution in [0.5, 0.6) is 0 Å². The monoisotopic (exact) mass is 306 g/mol. The van der Waals surface area contributed by atoms with Gasteiger partial charge in [-0.3, -0.25) is 4.79 Å². The van der Waals surface area contributed by atoms with Crippen LogP contribution in [0.2, 0.25) is 0 Å². The molecule has 0 bridgehead atoms. The number of hydrogen-bond acceptors (Lipinski definition) is 5. The summed E-state index contributed by atoms with van der Waals surface area (Å²) < 4.78 is 16.7. The van der Waals surface area contributed by atoms with Crippen LogP contribution < -0.4 is 0 Å². The third-order valence-electron chi connectivity index (χ3n) is 5.02. The Morgan fingerprint density at radius 3 is 2.82 bits per heavy atom. The molecule has 5 nitrogen and oxygen atoms in total. The molecule has 3 aliphatic rings. The molecule has 0 aromatic rings. The summed E-state index contributed by atoms with van der Waals surface area (Å²) in [7, 11) is 0. The zero-order chi connectivity index (χ0) is 16.1. The van der Waals surface area contributed by atoms with E-state index in [2.05, 4.69) is 20.1 Å². The minimum absolute atomic E-state index is 0.147. The molecule has 0 aromatic carbocycles. The summed E-state index contributed by atoms with van der Waals surface area (Å²) >= 11 is 0. The minimum Gasteiger partial charge on any atom is -0.458 e. The molecule has 3 rings (SSSR count). The molecule has 3 fully saturated rings.